The summed E-state index contributed by atoms with van der Waals surface area (Å²) < 4.78 is 22.9. The van der Waals surface area contributed by atoms with Crippen molar-refractivity contribution in [3.8, 4) is 28.0 Å². The predicted octanol–water partition coefficient (Wildman–Crippen LogP) is 3.92. The first kappa shape index (κ1) is 21.8. The number of primary sulfonamides is 1. The van der Waals surface area contributed by atoms with Gasteiger partial charge in [0.25, 0.3) is 0 Å². The fourth-order valence-electron chi connectivity index (χ4n) is 3.49. The van der Waals surface area contributed by atoms with Crippen molar-refractivity contribution in [2.24, 2.45) is 5.14 Å². The summed E-state index contributed by atoms with van der Waals surface area (Å²) in [6.45, 7) is 0. The van der Waals surface area contributed by atoms with Crippen molar-refractivity contribution in [3.05, 3.63) is 65.3 Å². The zero-order chi connectivity index (χ0) is 23.0. The minimum Gasteiger partial charge on any atom is -0.507 e. The Bertz CT molecular complexity index is 1450. The van der Waals surface area contributed by atoms with Crippen LogP contribution in [0.3, 0.4) is 0 Å². The molecule has 3 aromatic carbocycles. The lowest BCUT2D eigenvalue weighted by Crippen LogP contribution is -2.11. The number of benzene rings is 3. The number of aryl methyl sites for hydroxylation is 1. The smallest absolute Gasteiger partial charge is 0.303 e. The maximum absolute atomic E-state index is 11.5. The number of aromatic amines is 1. The van der Waals surface area contributed by atoms with Crippen LogP contribution in [0.4, 0.5) is 0 Å². The summed E-state index contributed by atoms with van der Waals surface area (Å²) in [5.74, 6) is -1.10. The SMILES string of the molecule is NS(=O)(=O)c1ccc(-c2ccc(-c3cc4c(CCC(=O)O)n[nH]c4cc3Cl)cc2)c(O)c1. The zero-order valence-corrected chi connectivity index (χ0v) is 18.1. The molecule has 0 spiro atoms. The average molecular weight is 472 g/mol. The first-order valence-electron chi connectivity index (χ1n) is 9.48. The quantitative estimate of drug-likeness (QED) is 0.335. The molecule has 5 N–H and O–H groups in total. The van der Waals surface area contributed by atoms with E-state index in [1.165, 1.54) is 12.1 Å². The molecule has 0 fully saturated rings. The molecule has 0 aliphatic heterocycles. The molecule has 0 amide bonds. The normalized spacial score (nSPS) is 11.7. The Morgan fingerprint density at radius 2 is 1.69 bits per heavy atom. The van der Waals surface area contributed by atoms with Crippen LogP contribution >= 0.6 is 11.6 Å². The highest BCUT2D eigenvalue weighted by Crippen LogP contribution is 2.36. The Morgan fingerprint density at radius 3 is 2.28 bits per heavy atom. The van der Waals surface area contributed by atoms with E-state index in [2.05, 4.69) is 10.2 Å². The van der Waals surface area contributed by atoms with E-state index in [1.807, 2.05) is 18.2 Å². The number of nitrogens with one attached hydrogen (secondary N) is 1. The molecular formula is C22H18ClN3O5S. The maximum Gasteiger partial charge on any atom is 0.303 e. The number of aromatic hydroxyl groups is 1. The summed E-state index contributed by atoms with van der Waals surface area (Å²) in [4.78, 5) is 10.7. The number of rotatable bonds is 6. The molecule has 1 heterocycles. The molecule has 4 rings (SSSR count). The summed E-state index contributed by atoms with van der Waals surface area (Å²) in [6.07, 6.45) is 0.267. The van der Waals surface area contributed by atoms with Crippen LogP contribution in [-0.2, 0) is 21.2 Å². The number of nitrogens with two attached hydrogens (primary N) is 1. The zero-order valence-electron chi connectivity index (χ0n) is 16.5. The summed E-state index contributed by atoms with van der Waals surface area (Å²) in [5.41, 5.74) is 4.06. The van der Waals surface area contributed by atoms with Crippen molar-refractivity contribution < 1.29 is 23.4 Å². The van der Waals surface area contributed by atoms with Gasteiger partial charge in [0, 0.05) is 29.0 Å². The number of sulfonamides is 1. The van der Waals surface area contributed by atoms with Gasteiger partial charge >= 0.3 is 5.97 Å². The second-order valence-electron chi connectivity index (χ2n) is 7.24. The van der Waals surface area contributed by atoms with E-state index in [0.29, 0.717) is 28.3 Å². The molecule has 1 aromatic heterocycles. The molecular weight excluding hydrogens is 454 g/mol. The molecule has 0 atom stereocenters. The van der Waals surface area contributed by atoms with Crippen LogP contribution in [0.2, 0.25) is 5.02 Å². The summed E-state index contributed by atoms with van der Waals surface area (Å²) in [5, 5.41) is 32.7. The minimum atomic E-state index is -3.91. The van der Waals surface area contributed by atoms with Gasteiger partial charge < -0.3 is 10.2 Å². The van der Waals surface area contributed by atoms with Crippen molar-refractivity contribution in [3.63, 3.8) is 0 Å². The summed E-state index contributed by atoms with van der Waals surface area (Å²) >= 11 is 6.47. The first-order chi connectivity index (χ1) is 15.1. The average Bonchev–Trinajstić information content (AvgIpc) is 3.12. The van der Waals surface area contributed by atoms with E-state index < -0.39 is 16.0 Å². The minimum absolute atomic E-state index is 0.0274. The molecule has 0 aliphatic carbocycles. The second kappa shape index (κ2) is 8.27. The molecule has 0 saturated carbocycles. The monoisotopic (exact) mass is 471 g/mol. The molecule has 10 heteroatoms. The molecule has 8 nitrogen and oxygen atoms in total. The van der Waals surface area contributed by atoms with Crippen molar-refractivity contribution >= 4 is 38.5 Å². The third-order valence-corrected chi connectivity index (χ3v) is 6.33. The van der Waals surface area contributed by atoms with Crippen LogP contribution in [0, 0.1) is 0 Å². The van der Waals surface area contributed by atoms with Crippen molar-refractivity contribution in [1.29, 1.82) is 0 Å². The van der Waals surface area contributed by atoms with Crippen LogP contribution in [0.5, 0.6) is 5.75 Å². The Hall–Kier alpha value is -3.40. The standard InChI is InChI=1S/C22H18ClN3O5S/c23-18-11-20-17(19(25-26-20)7-8-22(28)29)10-16(18)13-3-1-12(2-4-13)15-6-5-14(9-21(15)27)32(24,30)31/h1-6,9-11,27H,7-8H2,(H,25,26)(H,28,29)(H2,24,30,31). The molecule has 4 aromatic rings. The van der Waals surface area contributed by atoms with Crippen molar-refractivity contribution in [2.45, 2.75) is 17.7 Å². The Balaban J connectivity index is 1.69. The molecule has 0 aliphatic rings. The largest absolute Gasteiger partial charge is 0.507 e. The Kier molecular flexibility index (Phi) is 5.64. The third-order valence-electron chi connectivity index (χ3n) is 5.11. The highest BCUT2D eigenvalue weighted by atomic mass is 35.5. The van der Waals surface area contributed by atoms with Gasteiger partial charge in [-0.25, -0.2) is 13.6 Å². The van der Waals surface area contributed by atoms with Gasteiger partial charge in [-0.05, 0) is 35.4 Å². The van der Waals surface area contributed by atoms with E-state index in [1.54, 1.807) is 18.2 Å². The number of fused-ring (bicyclic) bond motifs is 1. The van der Waals surface area contributed by atoms with Crippen LogP contribution in [-0.4, -0.2) is 34.8 Å². The van der Waals surface area contributed by atoms with Gasteiger partial charge in [0.15, 0.2) is 0 Å². The number of nitrogens with zero attached hydrogens (tertiary/aromatic N) is 1. The van der Waals surface area contributed by atoms with Crippen molar-refractivity contribution in [2.75, 3.05) is 0 Å². The van der Waals surface area contributed by atoms with Crippen molar-refractivity contribution in [1.82, 2.24) is 10.2 Å². The number of aliphatic carboxylic acids is 1. The topological polar surface area (TPSA) is 146 Å². The predicted molar refractivity (Wildman–Crippen MR) is 121 cm³/mol. The van der Waals surface area contributed by atoms with E-state index in [4.69, 9.17) is 21.8 Å². The Labute approximate surface area is 188 Å². The van der Waals surface area contributed by atoms with Crippen LogP contribution in [0.1, 0.15) is 12.1 Å². The van der Waals surface area contributed by atoms with E-state index in [0.717, 1.165) is 28.1 Å². The van der Waals surface area contributed by atoms with Gasteiger partial charge in [-0.1, -0.05) is 35.9 Å². The summed E-state index contributed by atoms with van der Waals surface area (Å²) in [7, 11) is -3.91. The fraction of sp³-hybridized carbons (Fsp3) is 0.0909. The lowest BCUT2D eigenvalue weighted by molar-refractivity contribution is -0.136. The molecule has 0 saturated heterocycles. The van der Waals surface area contributed by atoms with Gasteiger partial charge in [-0.15, -0.1) is 0 Å². The number of H-pyrrole nitrogens is 1. The number of carboxylic acid groups (broad SMARTS) is 1. The lowest BCUT2D eigenvalue weighted by atomic mass is 9.98. The maximum atomic E-state index is 11.5. The Morgan fingerprint density at radius 1 is 1.03 bits per heavy atom. The highest BCUT2D eigenvalue weighted by molar-refractivity contribution is 7.89. The van der Waals surface area contributed by atoms with Gasteiger partial charge in [0.1, 0.15) is 5.75 Å². The van der Waals surface area contributed by atoms with E-state index in [9.17, 15) is 18.3 Å². The number of hydrogen-bond acceptors (Lipinski definition) is 5. The highest BCUT2D eigenvalue weighted by Gasteiger charge is 2.14. The van der Waals surface area contributed by atoms with Gasteiger partial charge in [0.2, 0.25) is 10.0 Å². The number of carboxylic acids is 1. The number of phenolic OH excluding ortho intramolecular Hbond substituents is 1. The number of phenols is 1. The molecule has 164 valence electrons. The van der Waals surface area contributed by atoms with E-state index >= 15 is 0 Å². The van der Waals surface area contributed by atoms with Crippen LogP contribution in [0.15, 0.2) is 59.5 Å². The van der Waals surface area contributed by atoms with E-state index in [-0.39, 0.29) is 17.1 Å². The number of aromatic nitrogens is 2. The lowest BCUT2D eigenvalue weighted by Gasteiger charge is -2.09. The second-order valence-corrected chi connectivity index (χ2v) is 9.21. The number of halogens is 1. The summed E-state index contributed by atoms with van der Waals surface area (Å²) in [6, 6.07) is 14.8. The molecule has 0 unspecified atom stereocenters. The molecule has 32 heavy (non-hydrogen) atoms. The van der Waals surface area contributed by atoms with Gasteiger partial charge in [-0.2, -0.15) is 5.10 Å². The van der Waals surface area contributed by atoms with Crippen LogP contribution in [0.25, 0.3) is 33.2 Å². The van der Waals surface area contributed by atoms with Crippen LogP contribution < -0.4 is 5.14 Å². The molecule has 0 bridgehead atoms. The fourth-order valence-corrected chi connectivity index (χ4v) is 4.30. The number of hydrogen-bond donors (Lipinski definition) is 4. The number of carbonyl (C=O) groups is 1. The third kappa shape index (κ3) is 4.31. The first-order valence-corrected chi connectivity index (χ1v) is 11.4. The van der Waals surface area contributed by atoms with Gasteiger partial charge in [-0.3, -0.25) is 9.89 Å². The molecule has 0 radical (unpaired) electrons. The van der Waals surface area contributed by atoms with Gasteiger partial charge in [0.05, 0.1) is 27.5 Å².